The fourth-order valence-electron chi connectivity index (χ4n) is 2.20. The van der Waals surface area contributed by atoms with Crippen LogP contribution in [0.1, 0.15) is 18.4 Å². The van der Waals surface area contributed by atoms with Crippen molar-refractivity contribution in [2.45, 2.75) is 25.3 Å². The molecule has 1 aromatic rings. The summed E-state index contributed by atoms with van der Waals surface area (Å²) in [7, 11) is 1.69. The van der Waals surface area contributed by atoms with Crippen LogP contribution >= 0.6 is 0 Å². The zero-order chi connectivity index (χ0) is 12.8. The van der Waals surface area contributed by atoms with E-state index >= 15 is 0 Å². The number of anilines is 1. The van der Waals surface area contributed by atoms with Gasteiger partial charge in [-0.05, 0) is 37.4 Å². The Balaban J connectivity index is 1.91. The van der Waals surface area contributed by atoms with Crippen molar-refractivity contribution in [3.8, 4) is 0 Å². The van der Waals surface area contributed by atoms with Crippen LogP contribution in [0.15, 0.2) is 24.3 Å². The molecule has 1 heterocycles. The predicted molar refractivity (Wildman–Crippen MR) is 71.7 cm³/mol. The largest absolute Gasteiger partial charge is 0.385 e. The summed E-state index contributed by atoms with van der Waals surface area (Å²) in [6.07, 6.45) is 2.69. The maximum Gasteiger partial charge on any atom is 0.241 e. The predicted octanol–water partition coefficient (Wildman–Crippen LogP) is 1.57. The Morgan fingerprint density at radius 3 is 3.11 bits per heavy atom. The van der Waals surface area contributed by atoms with Crippen molar-refractivity contribution in [2.24, 2.45) is 0 Å². The van der Waals surface area contributed by atoms with Crippen LogP contribution in [-0.2, 0) is 16.0 Å². The molecule has 1 amide bonds. The molecular formula is C14H20N2O2. The minimum absolute atomic E-state index is 0.0670. The fraction of sp³-hybridized carbons (Fsp3) is 0.500. The minimum atomic E-state index is -0.103. The van der Waals surface area contributed by atoms with Gasteiger partial charge in [0.1, 0.15) is 0 Å². The zero-order valence-electron chi connectivity index (χ0n) is 10.7. The first-order valence-electron chi connectivity index (χ1n) is 6.42. The molecule has 2 N–H and O–H groups in total. The van der Waals surface area contributed by atoms with E-state index in [1.807, 2.05) is 18.2 Å². The summed E-state index contributed by atoms with van der Waals surface area (Å²) >= 11 is 0. The molecule has 0 aliphatic carbocycles. The maximum absolute atomic E-state index is 12.0. The van der Waals surface area contributed by atoms with Crippen molar-refractivity contribution in [1.82, 2.24) is 5.32 Å². The molecule has 18 heavy (non-hydrogen) atoms. The van der Waals surface area contributed by atoms with E-state index in [4.69, 9.17) is 4.74 Å². The highest BCUT2D eigenvalue weighted by molar-refractivity contribution is 5.96. The van der Waals surface area contributed by atoms with Gasteiger partial charge in [0.05, 0.1) is 6.04 Å². The van der Waals surface area contributed by atoms with Gasteiger partial charge in [-0.25, -0.2) is 0 Å². The van der Waals surface area contributed by atoms with Gasteiger partial charge in [-0.3, -0.25) is 4.79 Å². The van der Waals surface area contributed by atoms with Gasteiger partial charge in [0.15, 0.2) is 0 Å². The van der Waals surface area contributed by atoms with Crippen LogP contribution in [0.3, 0.4) is 0 Å². The molecule has 0 radical (unpaired) electrons. The lowest BCUT2D eigenvalue weighted by atomic mass is 10.1. The van der Waals surface area contributed by atoms with E-state index in [0.717, 1.165) is 38.1 Å². The Hall–Kier alpha value is -1.39. The first-order valence-corrected chi connectivity index (χ1v) is 6.42. The maximum atomic E-state index is 12.0. The molecule has 0 bridgehead atoms. The number of benzene rings is 1. The Labute approximate surface area is 108 Å². The van der Waals surface area contributed by atoms with E-state index in [1.165, 1.54) is 5.56 Å². The van der Waals surface area contributed by atoms with Gasteiger partial charge >= 0.3 is 0 Å². The van der Waals surface area contributed by atoms with Gasteiger partial charge in [-0.15, -0.1) is 0 Å². The van der Waals surface area contributed by atoms with Crippen LogP contribution in [0.4, 0.5) is 5.69 Å². The van der Waals surface area contributed by atoms with E-state index in [0.29, 0.717) is 0 Å². The van der Waals surface area contributed by atoms with Gasteiger partial charge < -0.3 is 15.4 Å². The monoisotopic (exact) mass is 248 g/mol. The molecule has 2 rings (SSSR count). The third-order valence-electron chi connectivity index (χ3n) is 3.21. The van der Waals surface area contributed by atoms with Crippen LogP contribution in [0.5, 0.6) is 0 Å². The lowest BCUT2D eigenvalue weighted by molar-refractivity contribution is -0.118. The van der Waals surface area contributed by atoms with E-state index in [1.54, 1.807) is 7.11 Å². The molecule has 1 aliphatic heterocycles. The normalized spacial score (nSPS) is 18.9. The lowest BCUT2D eigenvalue weighted by Gasteiger charge is -2.14. The molecule has 98 valence electrons. The molecule has 1 aromatic carbocycles. The number of methoxy groups -OCH3 is 1. The van der Waals surface area contributed by atoms with Crippen LogP contribution in [0.2, 0.25) is 0 Å². The lowest BCUT2D eigenvalue weighted by Crippen LogP contribution is -2.40. The highest BCUT2D eigenvalue weighted by atomic mass is 16.5. The number of nitrogens with one attached hydrogen (secondary N) is 2. The summed E-state index contributed by atoms with van der Waals surface area (Å²) in [6.45, 7) is 1.53. The third-order valence-corrected chi connectivity index (χ3v) is 3.21. The minimum Gasteiger partial charge on any atom is -0.385 e. The van der Waals surface area contributed by atoms with Crippen molar-refractivity contribution in [3.63, 3.8) is 0 Å². The number of carbonyl (C=O) groups is 1. The smallest absolute Gasteiger partial charge is 0.241 e. The molecular weight excluding hydrogens is 228 g/mol. The molecule has 1 aliphatic rings. The van der Waals surface area contributed by atoms with Gasteiger partial charge in [0.2, 0.25) is 5.91 Å². The highest BCUT2D eigenvalue weighted by Crippen LogP contribution is 2.21. The SMILES string of the molecule is COCCCNC1CCc2ccccc2NC1=O. The number of para-hydroxylation sites is 1. The molecule has 0 spiro atoms. The van der Waals surface area contributed by atoms with E-state index in [-0.39, 0.29) is 11.9 Å². The average molecular weight is 248 g/mol. The number of ether oxygens (including phenoxy) is 1. The van der Waals surface area contributed by atoms with Crippen LogP contribution in [0, 0.1) is 0 Å². The number of hydrogen-bond donors (Lipinski definition) is 2. The Kier molecular flexibility index (Phi) is 4.73. The van der Waals surface area contributed by atoms with Gasteiger partial charge in [-0.2, -0.15) is 0 Å². The highest BCUT2D eigenvalue weighted by Gasteiger charge is 2.22. The van der Waals surface area contributed by atoms with Crippen molar-refractivity contribution in [1.29, 1.82) is 0 Å². The molecule has 0 saturated carbocycles. The second-order valence-corrected chi connectivity index (χ2v) is 4.54. The van der Waals surface area contributed by atoms with E-state index < -0.39 is 0 Å². The second-order valence-electron chi connectivity index (χ2n) is 4.54. The summed E-state index contributed by atoms with van der Waals surface area (Å²) in [5, 5.41) is 6.27. The average Bonchev–Trinajstić information content (AvgIpc) is 2.54. The zero-order valence-corrected chi connectivity index (χ0v) is 10.7. The van der Waals surface area contributed by atoms with Gasteiger partial charge in [-0.1, -0.05) is 18.2 Å². The van der Waals surface area contributed by atoms with Crippen molar-refractivity contribution >= 4 is 11.6 Å². The first kappa shape index (κ1) is 13.1. The molecule has 4 heteroatoms. The van der Waals surface area contributed by atoms with Crippen LogP contribution in [0.25, 0.3) is 0 Å². The van der Waals surface area contributed by atoms with Crippen LogP contribution in [-0.4, -0.2) is 32.2 Å². The summed E-state index contributed by atoms with van der Waals surface area (Å²) < 4.78 is 4.99. The molecule has 1 unspecified atom stereocenters. The van der Waals surface area contributed by atoms with E-state index in [9.17, 15) is 4.79 Å². The van der Waals surface area contributed by atoms with Crippen molar-refractivity contribution < 1.29 is 9.53 Å². The van der Waals surface area contributed by atoms with Gasteiger partial charge in [0, 0.05) is 19.4 Å². The summed E-state index contributed by atoms with van der Waals surface area (Å²) in [6, 6.07) is 7.89. The first-order chi connectivity index (χ1) is 8.81. The van der Waals surface area contributed by atoms with Crippen molar-refractivity contribution in [2.75, 3.05) is 25.6 Å². The fourth-order valence-corrected chi connectivity index (χ4v) is 2.20. The molecule has 4 nitrogen and oxygen atoms in total. The standard InChI is InChI=1S/C14H20N2O2/c1-18-10-4-9-15-13-8-7-11-5-2-3-6-12(11)16-14(13)17/h2-3,5-6,13,15H,4,7-10H2,1H3,(H,16,17). The topological polar surface area (TPSA) is 50.4 Å². The van der Waals surface area contributed by atoms with Gasteiger partial charge in [0.25, 0.3) is 0 Å². The molecule has 0 fully saturated rings. The summed E-state index contributed by atoms with van der Waals surface area (Å²) in [4.78, 5) is 12.0. The summed E-state index contributed by atoms with van der Waals surface area (Å²) in [5.74, 6) is 0.0670. The number of amides is 1. The Morgan fingerprint density at radius 2 is 2.28 bits per heavy atom. The number of rotatable bonds is 5. The molecule has 0 aromatic heterocycles. The molecule has 1 atom stereocenters. The quantitative estimate of drug-likeness (QED) is 0.778. The number of carbonyl (C=O) groups excluding carboxylic acids is 1. The molecule has 0 saturated heterocycles. The van der Waals surface area contributed by atoms with Crippen LogP contribution < -0.4 is 10.6 Å². The second kappa shape index (κ2) is 6.52. The Morgan fingerprint density at radius 1 is 1.44 bits per heavy atom. The van der Waals surface area contributed by atoms with E-state index in [2.05, 4.69) is 16.7 Å². The third kappa shape index (κ3) is 3.31. The number of aryl methyl sites for hydroxylation is 1. The number of fused-ring (bicyclic) bond motifs is 1. The summed E-state index contributed by atoms with van der Waals surface area (Å²) in [5.41, 5.74) is 2.16. The number of hydrogen-bond acceptors (Lipinski definition) is 3. The van der Waals surface area contributed by atoms with Crippen molar-refractivity contribution in [3.05, 3.63) is 29.8 Å². The Bertz CT molecular complexity index is 407.